The molecule has 0 bridgehead atoms. The topological polar surface area (TPSA) is 72.5 Å². The zero-order valence-electron chi connectivity index (χ0n) is 11.6. The van der Waals surface area contributed by atoms with E-state index in [1.807, 2.05) is 0 Å². The second kappa shape index (κ2) is 4.78. The lowest BCUT2D eigenvalue weighted by Crippen LogP contribution is -2.20. The van der Waals surface area contributed by atoms with Crippen LogP contribution in [0.1, 0.15) is 12.8 Å². The van der Waals surface area contributed by atoms with Crippen LogP contribution >= 0.6 is 0 Å². The molecule has 1 aliphatic heterocycles. The van der Waals surface area contributed by atoms with E-state index in [2.05, 4.69) is 5.32 Å². The van der Waals surface area contributed by atoms with Gasteiger partial charge in [0.25, 0.3) is 0 Å². The largest absolute Gasteiger partial charge is 0.381 e. The highest BCUT2D eigenvalue weighted by Gasteiger charge is 2.59. The van der Waals surface area contributed by atoms with E-state index in [1.165, 1.54) is 6.07 Å². The van der Waals surface area contributed by atoms with Crippen LogP contribution in [0, 0.1) is 17.2 Å². The quantitative estimate of drug-likeness (QED) is 0.860. The molecule has 1 aromatic rings. The molecule has 1 aromatic carbocycles. The summed E-state index contributed by atoms with van der Waals surface area (Å²) in [5.74, 6) is -1.10. The monoisotopic (exact) mass is 313 g/mol. The maximum absolute atomic E-state index is 13.7. The summed E-state index contributed by atoms with van der Waals surface area (Å²) in [4.78, 5) is 12.1. The van der Waals surface area contributed by atoms with Crippen LogP contribution in [0.3, 0.4) is 0 Å². The molecular weight excluding hydrogens is 297 g/mol. The number of nitrogens with one attached hydrogen (secondary N) is 1. The first-order valence-electron chi connectivity index (χ1n) is 6.70. The number of benzene rings is 1. The van der Waals surface area contributed by atoms with Gasteiger partial charge in [0.1, 0.15) is 5.82 Å². The molecule has 1 N–H and O–H groups in total. The van der Waals surface area contributed by atoms with Gasteiger partial charge in [-0.1, -0.05) is 0 Å². The van der Waals surface area contributed by atoms with Gasteiger partial charge >= 0.3 is 0 Å². The molecule has 1 saturated carbocycles. The van der Waals surface area contributed by atoms with Crippen LogP contribution in [0.2, 0.25) is 0 Å². The van der Waals surface area contributed by atoms with E-state index in [9.17, 15) is 17.6 Å². The summed E-state index contributed by atoms with van der Waals surface area (Å²) in [5, 5.41) is 2.50. The number of rotatable bonds is 3. The van der Waals surface area contributed by atoms with E-state index in [1.54, 1.807) is 0 Å². The van der Waals surface area contributed by atoms with Crippen molar-refractivity contribution >= 4 is 21.4 Å². The number of halogens is 1. The third-order valence-electron chi connectivity index (χ3n) is 4.26. The normalized spacial score (nSPS) is 27.8. The number of anilines is 1. The lowest BCUT2D eigenvalue weighted by molar-refractivity contribution is -0.118. The fourth-order valence-corrected chi connectivity index (χ4v) is 3.48. The van der Waals surface area contributed by atoms with E-state index >= 15 is 0 Å². The average Bonchev–Trinajstić information content (AvgIpc) is 2.89. The van der Waals surface area contributed by atoms with Crippen molar-refractivity contribution in [3.05, 3.63) is 24.0 Å². The summed E-state index contributed by atoms with van der Waals surface area (Å²) < 4.78 is 42.0. The lowest BCUT2D eigenvalue weighted by atomic mass is 10.0. The molecule has 0 radical (unpaired) electrons. The van der Waals surface area contributed by atoms with E-state index < -0.39 is 15.7 Å². The fourth-order valence-electron chi connectivity index (χ4n) is 2.83. The van der Waals surface area contributed by atoms with Gasteiger partial charge in [-0.3, -0.25) is 4.79 Å². The zero-order valence-corrected chi connectivity index (χ0v) is 12.4. The number of ether oxygens (including phenoxy) is 1. The van der Waals surface area contributed by atoms with E-state index in [4.69, 9.17) is 4.74 Å². The van der Waals surface area contributed by atoms with Crippen molar-refractivity contribution in [1.82, 2.24) is 0 Å². The maximum Gasteiger partial charge on any atom is 0.228 e. The standard InChI is InChI=1S/C14H16FNO4S/c1-21(18,19)9-2-3-11(15)12(6-9)16-13(17)10-7-14(10)4-5-20-8-14/h2-3,6,10H,4-5,7-8H2,1H3,(H,16,17). The number of carbonyl (C=O) groups is 1. The van der Waals surface area contributed by atoms with Crippen LogP contribution in [0.4, 0.5) is 10.1 Å². The molecular formula is C14H16FNO4S. The molecule has 2 fully saturated rings. The summed E-state index contributed by atoms with van der Waals surface area (Å²) in [7, 11) is -3.44. The van der Waals surface area contributed by atoms with Gasteiger partial charge in [0.15, 0.2) is 9.84 Å². The van der Waals surface area contributed by atoms with Gasteiger partial charge in [-0.25, -0.2) is 12.8 Å². The summed E-state index contributed by atoms with van der Waals surface area (Å²) >= 11 is 0. The van der Waals surface area contributed by atoms with Crippen molar-refractivity contribution in [2.24, 2.45) is 11.3 Å². The van der Waals surface area contributed by atoms with Gasteiger partial charge < -0.3 is 10.1 Å². The molecule has 21 heavy (non-hydrogen) atoms. The first-order chi connectivity index (χ1) is 9.82. The predicted molar refractivity (Wildman–Crippen MR) is 74.1 cm³/mol. The molecule has 2 unspecified atom stereocenters. The Hall–Kier alpha value is -1.47. The predicted octanol–water partition coefficient (Wildman–Crippen LogP) is 1.59. The molecule has 1 heterocycles. The molecule has 1 spiro atoms. The summed E-state index contributed by atoms with van der Waals surface area (Å²) in [6, 6.07) is 3.39. The van der Waals surface area contributed by atoms with Crippen molar-refractivity contribution in [3.8, 4) is 0 Å². The minimum absolute atomic E-state index is 0.0195. The molecule has 114 valence electrons. The van der Waals surface area contributed by atoms with Crippen molar-refractivity contribution in [2.75, 3.05) is 24.8 Å². The van der Waals surface area contributed by atoms with Crippen LogP contribution in [0.5, 0.6) is 0 Å². The third kappa shape index (κ3) is 2.67. The molecule has 2 aliphatic rings. The SMILES string of the molecule is CS(=O)(=O)c1ccc(F)c(NC(=O)C2CC23CCOC3)c1. The lowest BCUT2D eigenvalue weighted by Gasteiger charge is -2.10. The average molecular weight is 313 g/mol. The van der Waals surface area contributed by atoms with Crippen molar-refractivity contribution in [3.63, 3.8) is 0 Å². The Labute approximate surface area is 122 Å². The molecule has 5 nitrogen and oxygen atoms in total. The molecule has 2 atom stereocenters. The van der Waals surface area contributed by atoms with Gasteiger partial charge in [0.2, 0.25) is 5.91 Å². The van der Waals surface area contributed by atoms with Gasteiger partial charge in [-0.15, -0.1) is 0 Å². The van der Waals surface area contributed by atoms with Crippen molar-refractivity contribution in [1.29, 1.82) is 0 Å². The zero-order chi connectivity index (χ0) is 15.3. The second-order valence-electron chi connectivity index (χ2n) is 5.82. The first-order valence-corrected chi connectivity index (χ1v) is 8.59. The fraction of sp³-hybridized carbons (Fsp3) is 0.500. The highest BCUT2D eigenvalue weighted by Crippen LogP contribution is 2.58. The Morgan fingerprint density at radius 2 is 2.24 bits per heavy atom. The smallest absolute Gasteiger partial charge is 0.228 e. The van der Waals surface area contributed by atoms with E-state index in [-0.39, 0.29) is 27.8 Å². The number of sulfone groups is 1. The molecule has 1 amide bonds. The Kier molecular flexibility index (Phi) is 3.29. The number of amides is 1. The van der Waals surface area contributed by atoms with Crippen LogP contribution in [-0.4, -0.2) is 33.8 Å². The molecule has 7 heteroatoms. The van der Waals surface area contributed by atoms with Gasteiger partial charge in [0.05, 0.1) is 17.2 Å². The molecule has 1 saturated heterocycles. The van der Waals surface area contributed by atoms with Gasteiger partial charge in [0, 0.05) is 24.2 Å². The Balaban J connectivity index is 1.77. The summed E-state index contributed by atoms with van der Waals surface area (Å²) in [5.41, 5.74) is -0.182. The maximum atomic E-state index is 13.7. The van der Waals surface area contributed by atoms with Crippen LogP contribution in [0.15, 0.2) is 23.1 Å². The van der Waals surface area contributed by atoms with Crippen molar-refractivity contribution in [2.45, 2.75) is 17.7 Å². The van der Waals surface area contributed by atoms with E-state index in [0.29, 0.717) is 13.2 Å². The second-order valence-corrected chi connectivity index (χ2v) is 7.84. The highest BCUT2D eigenvalue weighted by molar-refractivity contribution is 7.90. The Morgan fingerprint density at radius 3 is 2.86 bits per heavy atom. The first kappa shape index (κ1) is 14.5. The molecule has 1 aliphatic carbocycles. The van der Waals surface area contributed by atoms with Crippen molar-refractivity contribution < 1.29 is 22.3 Å². The minimum atomic E-state index is -3.44. The van der Waals surface area contributed by atoms with Crippen LogP contribution in [0.25, 0.3) is 0 Å². The Morgan fingerprint density at radius 1 is 1.48 bits per heavy atom. The number of carbonyl (C=O) groups excluding carboxylic acids is 1. The molecule has 3 rings (SSSR count). The Bertz CT molecular complexity index is 695. The minimum Gasteiger partial charge on any atom is -0.381 e. The summed E-state index contributed by atoms with van der Waals surface area (Å²) in [6.45, 7) is 1.22. The van der Waals surface area contributed by atoms with Gasteiger partial charge in [-0.2, -0.15) is 0 Å². The number of hydrogen-bond acceptors (Lipinski definition) is 4. The van der Waals surface area contributed by atoms with Gasteiger partial charge in [-0.05, 0) is 31.0 Å². The highest BCUT2D eigenvalue weighted by atomic mass is 32.2. The summed E-state index contributed by atoms with van der Waals surface area (Å²) in [6.07, 6.45) is 2.63. The number of hydrogen-bond donors (Lipinski definition) is 1. The van der Waals surface area contributed by atoms with Crippen LogP contribution in [-0.2, 0) is 19.4 Å². The van der Waals surface area contributed by atoms with Crippen LogP contribution < -0.4 is 5.32 Å². The van der Waals surface area contributed by atoms with E-state index in [0.717, 1.165) is 31.2 Å². The third-order valence-corrected chi connectivity index (χ3v) is 5.37. The molecule has 0 aromatic heterocycles.